The van der Waals surface area contributed by atoms with Gasteiger partial charge in [-0.2, -0.15) is 0 Å². The number of carbonyl (C=O) groups is 1. The van der Waals surface area contributed by atoms with Gasteiger partial charge in [-0.05, 0) is 19.4 Å². The number of rotatable bonds is 2. The first-order valence-corrected chi connectivity index (χ1v) is 5.20. The summed E-state index contributed by atoms with van der Waals surface area (Å²) in [4.78, 5) is 12.2. The van der Waals surface area contributed by atoms with Gasteiger partial charge in [0.05, 0.1) is 18.1 Å². The fourth-order valence-corrected chi connectivity index (χ4v) is 2.45. The lowest BCUT2D eigenvalue weighted by Crippen LogP contribution is -2.01. The summed E-state index contributed by atoms with van der Waals surface area (Å²) in [5.74, 6) is -0.294. The summed E-state index contributed by atoms with van der Waals surface area (Å²) < 4.78 is 4.63. The van der Waals surface area contributed by atoms with Gasteiger partial charge in [-0.3, -0.25) is 0 Å². The van der Waals surface area contributed by atoms with Crippen LogP contribution >= 0.6 is 22.9 Å². The Morgan fingerprint density at radius 1 is 1.69 bits per heavy atom. The van der Waals surface area contributed by atoms with Crippen molar-refractivity contribution in [3.8, 4) is 0 Å². The highest BCUT2D eigenvalue weighted by molar-refractivity contribution is 7.10. The van der Waals surface area contributed by atoms with Crippen molar-refractivity contribution in [1.82, 2.24) is 0 Å². The zero-order chi connectivity index (χ0) is 10.0. The molecule has 0 aromatic carbocycles. The maximum absolute atomic E-state index is 11.2. The number of methoxy groups -OCH3 is 1. The quantitative estimate of drug-likeness (QED) is 0.563. The fourth-order valence-electron chi connectivity index (χ4n) is 1.14. The molecule has 1 atom stereocenters. The van der Waals surface area contributed by atoms with E-state index in [1.807, 2.05) is 13.8 Å². The van der Waals surface area contributed by atoms with Gasteiger partial charge in [0.2, 0.25) is 0 Å². The molecule has 0 fully saturated rings. The molecule has 0 aliphatic rings. The van der Waals surface area contributed by atoms with Crippen LogP contribution in [0.5, 0.6) is 0 Å². The first-order chi connectivity index (χ1) is 6.07. The van der Waals surface area contributed by atoms with Crippen LogP contribution in [0.2, 0.25) is 0 Å². The van der Waals surface area contributed by atoms with Crippen LogP contribution in [0.4, 0.5) is 0 Å². The van der Waals surface area contributed by atoms with E-state index < -0.39 is 0 Å². The standard InChI is InChI=1S/C9H11ClO2S/c1-5-7(9(11)12-3)4-13-8(5)6(2)10/h4,6H,1-3H3. The van der Waals surface area contributed by atoms with Crippen molar-refractivity contribution in [2.45, 2.75) is 19.2 Å². The lowest BCUT2D eigenvalue weighted by Gasteiger charge is -2.01. The molecule has 0 saturated heterocycles. The maximum atomic E-state index is 11.2. The zero-order valence-electron chi connectivity index (χ0n) is 7.76. The minimum Gasteiger partial charge on any atom is -0.465 e. The molecule has 0 saturated carbocycles. The van der Waals surface area contributed by atoms with E-state index >= 15 is 0 Å². The lowest BCUT2D eigenvalue weighted by molar-refractivity contribution is 0.0600. The summed E-state index contributed by atoms with van der Waals surface area (Å²) in [5, 5.41) is 1.73. The molecule has 0 spiro atoms. The second kappa shape index (κ2) is 4.11. The van der Waals surface area contributed by atoms with E-state index in [1.165, 1.54) is 18.4 Å². The van der Waals surface area contributed by atoms with Crippen LogP contribution in [0.25, 0.3) is 0 Å². The average Bonchev–Trinajstić information content (AvgIpc) is 2.46. The van der Waals surface area contributed by atoms with Crippen LogP contribution in [0, 0.1) is 6.92 Å². The minimum atomic E-state index is -0.294. The summed E-state index contributed by atoms with van der Waals surface area (Å²) in [6.45, 7) is 3.78. The number of esters is 1. The molecule has 0 aliphatic heterocycles. The van der Waals surface area contributed by atoms with E-state index in [-0.39, 0.29) is 11.3 Å². The Labute approximate surface area is 86.5 Å². The molecule has 1 aromatic heterocycles. The van der Waals surface area contributed by atoms with Crippen LogP contribution in [-0.2, 0) is 4.74 Å². The number of thiophene rings is 1. The Kier molecular flexibility index (Phi) is 3.33. The fraction of sp³-hybridized carbons (Fsp3) is 0.444. The molecule has 1 unspecified atom stereocenters. The number of ether oxygens (including phenoxy) is 1. The molecule has 0 N–H and O–H groups in total. The molecule has 0 aliphatic carbocycles. The Balaban J connectivity index is 3.06. The van der Waals surface area contributed by atoms with Gasteiger partial charge in [-0.15, -0.1) is 22.9 Å². The molecule has 4 heteroatoms. The molecular weight excluding hydrogens is 208 g/mol. The van der Waals surface area contributed by atoms with Gasteiger partial charge >= 0.3 is 5.97 Å². The summed E-state index contributed by atoms with van der Waals surface area (Å²) in [7, 11) is 1.38. The van der Waals surface area contributed by atoms with Gasteiger partial charge in [0.1, 0.15) is 0 Å². The van der Waals surface area contributed by atoms with E-state index in [0.29, 0.717) is 5.56 Å². The molecule has 13 heavy (non-hydrogen) atoms. The normalized spacial score (nSPS) is 12.6. The van der Waals surface area contributed by atoms with Crippen molar-refractivity contribution in [1.29, 1.82) is 0 Å². The number of halogens is 1. The molecule has 1 aromatic rings. The van der Waals surface area contributed by atoms with Crippen LogP contribution < -0.4 is 0 Å². The van der Waals surface area contributed by atoms with Crippen molar-refractivity contribution in [3.05, 3.63) is 21.4 Å². The smallest absolute Gasteiger partial charge is 0.338 e. The van der Waals surface area contributed by atoms with E-state index in [9.17, 15) is 4.79 Å². The van der Waals surface area contributed by atoms with Gasteiger partial charge in [-0.25, -0.2) is 4.79 Å². The second-order valence-electron chi connectivity index (χ2n) is 2.75. The highest BCUT2D eigenvalue weighted by atomic mass is 35.5. The van der Waals surface area contributed by atoms with E-state index in [1.54, 1.807) is 5.38 Å². The average molecular weight is 219 g/mol. The van der Waals surface area contributed by atoms with E-state index in [0.717, 1.165) is 10.4 Å². The van der Waals surface area contributed by atoms with Crippen LogP contribution in [0.1, 0.15) is 33.1 Å². The van der Waals surface area contributed by atoms with Gasteiger partial charge in [0.15, 0.2) is 0 Å². The minimum absolute atomic E-state index is 0.0524. The molecule has 0 radical (unpaired) electrons. The Morgan fingerprint density at radius 2 is 2.31 bits per heavy atom. The predicted molar refractivity (Wildman–Crippen MR) is 54.7 cm³/mol. The Bertz CT molecular complexity index is 317. The number of hydrogen-bond acceptors (Lipinski definition) is 3. The molecule has 1 heterocycles. The third kappa shape index (κ3) is 2.03. The highest BCUT2D eigenvalue weighted by Crippen LogP contribution is 2.31. The third-order valence-electron chi connectivity index (χ3n) is 1.84. The largest absolute Gasteiger partial charge is 0.465 e. The molecular formula is C9H11ClO2S. The highest BCUT2D eigenvalue weighted by Gasteiger charge is 2.16. The van der Waals surface area contributed by atoms with E-state index in [2.05, 4.69) is 4.74 Å². The van der Waals surface area contributed by atoms with Crippen LogP contribution in [-0.4, -0.2) is 13.1 Å². The van der Waals surface area contributed by atoms with Gasteiger partial charge in [0, 0.05) is 10.3 Å². The summed E-state index contributed by atoms with van der Waals surface area (Å²) >= 11 is 7.42. The lowest BCUT2D eigenvalue weighted by atomic mass is 10.1. The molecule has 0 bridgehead atoms. The third-order valence-corrected chi connectivity index (χ3v) is 3.46. The predicted octanol–water partition coefficient (Wildman–Crippen LogP) is 3.14. The topological polar surface area (TPSA) is 26.3 Å². The van der Waals surface area contributed by atoms with Crippen LogP contribution in [0.3, 0.4) is 0 Å². The Hall–Kier alpha value is -0.540. The van der Waals surface area contributed by atoms with E-state index in [4.69, 9.17) is 11.6 Å². The second-order valence-corrected chi connectivity index (χ2v) is 4.31. The van der Waals surface area contributed by atoms with Crippen LogP contribution in [0.15, 0.2) is 5.38 Å². The molecule has 1 rings (SSSR count). The van der Waals surface area contributed by atoms with Crippen molar-refractivity contribution in [3.63, 3.8) is 0 Å². The number of carbonyl (C=O) groups excluding carboxylic acids is 1. The van der Waals surface area contributed by atoms with Gasteiger partial charge in [-0.1, -0.05) is 0 Å². The zero-order valence-corrected chi connectivity index (χ0v) is 9.33. The number of hydrogen-bond donors (Lipinski definition) is 0. The van der Waals surface area contributed by atoms with Crippen molar-refractivity contribution in [2.24, 2.45) is 0 Å². The molecule has 2 nitrogen and oxygen atoms in total. The van der Waals surface area contributed by atoms with Gasteiger partial charge < -0.3 is 4.74 Å². The molecule has 72 valence electrons. The van der Waals surface area contributed by atoms with Crippen molar-refractivity contribution < 1.29 is 9.53 Å². The first kappa shape index (κ1) is 10.5. The summed E-state index contributed by atoms with van der Waals surface area (Å²) in [6.07, 6.45) is 0. The maximum Gasteiger partial charge on any atom is 0.338 e. The summed E-state index contributed by atoms with van der Waals surface area (Å²) in [5.41, 5.74) is 1.55. The SMILES string of the molecule is COC(=O)c1csc(C(C)Cl)c1C. The van der Waals surface area contributed by atoms with Crippen molar-refractivity contribution in [2.75, 3.05) is 7.11 Å². The number of alkyl halides is 1. The molecule has 0 amide bonds. The van der Waals surface area contributed by atoms with Gasteiger partial charge in [0.25, 0.3) is 0 Å². The Morgan fingerprint density at radius 3 is 2.69 bits per heavy atom. The van der Waals surface area contributed by atoms with Crippen molar-refractivity contribution >= 4 is 28.9 Å². The summed E-state index contributed by atoms with van der Waals surface area (Å²) in [6, 6.07) is 0. The first-order valence-electron chi connectivity index (χ1n) is 3.88. The monoisotopic (exact) mass is 218 g/mol.